The molecule has 2 unspecified atom stereocenters. The standard InChI is InChI=1S/C19H22N2/c1-10-3-12-5-14-7-15(16(12)8-18(10)20)6-13-4-11(2)19(21)9-17(13)14/h3-4,8-9,14-15H,5-7,20-21H2,1-2H3. The van der Waals surface area contributed by atoms with Gasteiger partial charge in [0, 0.05) is 11.4 Å². The first-order valence-electron chi connectivity index (χ1n) is 7.80. The number of benzene rings is 2. The van der Waals surface area contributed by atoms with Crippen LogP contribution in [-0.4, -0.2) is 0 Å². The monoisotopic (exact) mass is 278 g/mol. The minimum atomic E-state index is 0.622. The van der Waals surface area contributed by atoms with Crippen molar-refractivity contribution >= 4 is 11.4 Å². The van der Waals surface area contributed by atoms with Crippen LogP contribution in [0.3, 0.4) is 0 Å². The van der Waals surface area contributed by atoms with Crippen LogP contribution in [0.5, 0.6) is 0 Å². The molecule has 4 N–H and O–H groups in total. The predicted molar refractivity (Wildman–Crippen MR) is 88.7 cm³/mol. The highest BCUT2D eigenvalue weighted by Gasteiger charge is 2.34. The number of rotatable bonds is 0. The van der Waals surface area contributed by atoms with E-state index in [0.29, 0.717) is 11.8 Å². The number of hydrogen-bond donors (Lipinski definition) is 2. The maximum absolute atomic E-state index is 6.14. The fraction of sp³-hybridized carbons (Fsp3) is 0.368. The van der Waals surface area contributed by atoms with Gasteiger partial charge in [0.15, 0.2) is 0 Å². The van der Waals surface area contributed by atoms with Crippen molar-refractivity contribution in [3.8, 4) is 0 Å². The third-order valence-corrected chi connectivity index (χ3v) is 5.44. The number of fused-ring (bicyclic) bond motifs is 6. The Balaban J connectivity index is 1.84. The second-order valence-electron chi connectivity index (χ2n) is 6.85. The van der Waals surface area contributed by atoms with Crippen molar-refractivity contribution in [2.75, 3.05) is 11.5 Å². The molecule has 2 bridgehead atoms. The number of nitrogens with two attached hydrogens (primary N) is 2. The summed E-state index contributed by atoms with van der Waals surface area (Å²) >= 11 is 0. The zero-order valence-corrected chi connectivity index (χ0v) is 12.7. The Morgan fingerprint density at radius 1 is 0.762 bits per heavy atom. The van der Waals surface area contributed by atoms with E-state index >= 15 is 0 Å². The Hall–Kier alpha value is -1.96. The zero-order valence-electron chi connectivity index (χ0n) is 12.7. The van der Waals surface area contributed by atoms with E-state index in [1.807, 2.05) is 0 Å². The Bertz CT molecular complexity index is 682. The summed E-state index contributed by atoms with van der Waals surface area (Å²) in [7, 11) is 0. The van der Waals surface area contributed by atoms with Gasteiger partial charge in [0.1, 0.15) is 0 Å². The first kappa shape index (κ1) is 12.8. The molecule has 0 saturated carbocycles. The molecule has 2 aliphatic carbocycles. The molecule has 0 saturated heterocycles. The molecule has 2 atom stereocenters. The van der Waals surface area contributed by atoms with Gasteiger partial charge in [-0.05, 0) is 90.5 Å². The SMILES string of the molecule is Cc1cc2c(cc1N)C1Cc3cc(C)c(N)cc3C(C2)C1. The van der Waals surface area contributed by atoms with Crippen molar-refractivity contribution in [2.24, 2.45) is 0 Å². The van der Waals surface area contributed by atoms with Gasteiger partial charge in [-0.15, -0.1) is 0 Å². The van der Waals surface area contributed by atoms with E-state index in [1.54, 1.807) is 0 Å². The number of aryl methyl sites for hydroxylation is 2. The Labute approximate surface area is 126 Å². The molecule has 2 heteroatoms. The van der Waals surface area contributed by atoms with Crippen molar-refractivity contribution in [1.29, 1.82) is 0 Å². The molecular weight excluding hydrogens is 256 g/mol. The van der Waals surface area contributed by atoms with Gasteiger partial charge < -0.3 is 11.5 Å². The first-order chi connectivity index (χ1) is 10.0. The lowest BCUT2D eigenvalue weighted by Gasteiger charge is -2.38. The molecule has 0 aliphatic heterocycles. The van der Waals surface area contributed by atoms with Crippen LogP contribution in [0.15, 0.2) is 24.3 Å². The van der Waals surface area contributed by atoms with Gasteiger partial charge in [0.2, 0.25) is 0 Å². The fourth-order valence-electron chi connectivity index (χ4n) is 4.23. The third kappa shape index (κ3) is 1.85. The van der Waals surface area contributed by atoms with Crippen LogP contribution < -0.4 is 11.5 Å². The molecule has 108 valence electrons. The molecule has 2 aromatic carbocycles. The normalized spacial score (nSPS) is 22.6. The van der Waals surface area contributed by atoms with Crippen molar-refractivity contribution in [3.05, 3.63) is 57.6 Å². The highest BCUT2D eigenvalue weighted by molar-refractivity contribution is 5.58. The topological polar surface area (TPSA) is 52.0 Å². The van der Waals surface area contributed by atoms with Crippen LogP contribution in [-0.2, 0) is 12.8 Å². The van der Waals surface area contributed by atoms with Crippen molar-refractivity contribution in [2.45, 2.75) is 44.9 Å². The Morgan fingerprint density at radius 2 is 1.19 bits per heavy atom. The minimum Gasteiger partial charge on any atom is -0.399 e. The Morgan fingerprint density at radius 3 is 1.62 bits per heavy atom. The fourth-order valence-corrected chi connectivity index (χ4v) is 4.23. The van der Waals surface area contributed by atoms with Gasteiger partial charge in [0.05, 0.1) is 0 Å². The summed E-state index contributed by atoms with van der Waals surface area (Å²) in [5.41, 5.74) is 22.5. The number of anilines is 2. The average Bonchev–Trinajstić information content (AvgIpc) is 2.44. The number of nitrogen functional groups attached to an aromatic ring is 2. The second-order valence-corrected chi connectivity index (χ2v) is 6.85. The lowest BCUT2D eigenvalue weighted by Crippen LogP contribution is -2.25. The summed E-state index contributed by atoms with van der Waals surface area (Å²) in [5.74, 6) is 1.24. The maximum Gasteiger partial charge on any atom is 0.0346 e. The summed E-state index contributed by atoms with van der Waals surface area (Å²) in [4.78, 5) is 0. The van der Waals surface area contributed by atoms with Gasteiger partial charge in [-0.2, -0.15) is 0 Å². The summed E-state index contributed by atoms with van der Waals surface area (Å²) in [5, 5.41) is 0. The first-order valence-corrected chi connectivity index (χ1v) is 7.80. The quantitative estimate of drug-likeness (QED) is 0.719. The molecule has 0 radical (unpaired) electrons. The number of hydrogen-bond acceptors (Lipinski definition) is 2. The van der Waals surface area contributed by atoms with Crippen LogP contribution in [0, 0.1) is 13.8 Å². The van der Waals surface area contributed by atoms with Gasteiger partial charge in [0.25, 0.3) is 0 Å². The van der Waals surface area contributed by atoms with E-state index in [1.165, 1.54) is 39.8 Å². The molecular formula is C19H22N2. The summed E-state index contributed by atoms with van der Waals surface area (Å²) in [6.07, 6.45) is 3.50. The summed E-state index contributed by atoms with van der Waals surface area (Å²) in [6.45, 7) is 4.21. The van der Waals surface area contributed by atoms with E-state index in [4.69, 9.17) is 11.5 Å². The van der Waals surface area contributed by atoms with Gasteiger partial charge in [-0.25, -0.2) is 0 Å². The van der Waals surface area contributed by atoms with Crippen LogP contribution in [0.2, 0.25) is 0 Å². The van der Waals surface area contributed by atoms with Crippen LogP contribution in [0.1, 0.15) is 51.6 Å². The second kappa shape index (κ2) is 4.27. The van der Waals surface area contributed by atoms with E-state index in [9.17, 15) is 0 Å². The van der Waals surface area contributed by atoms with Crippen LogP contribution in [0.25, 0.3) is 0 Å². The largest absolute Gasteiger partial charge is 0.399 e. The zero-order chi connectivity index (χ0) is 14.7. The van der Waals surface area contributed by atoms with Gasteiger partial charge >= 0.3 is 0 Å². The minimum absolute atomic E-state index is 0.622. The van der Waals surface area contributed by atoms with Crippen LogP contribution >= 0.6 is 0 Å². The summed E-state index contributed by atoms with van der Waals surface area (Å²) < 4.78 is 0. The molecule has 0 fully saturated rings. The predicted octanol–water partition coefficient (Wildman–Crippen LogP) is 3.84. The van der Waals surface area contributed by atoms with Crippen molar-refractivity contribution < 1.29 is 0 Å². The van der Waals surface area contributed by atoms with Crippen molar-refractivity contribution in [1.82, 2.24) is 0 Å². The molecule has 2 nitrogen and oxygen atoms in total. The molecule has 0 amide bonds. The van der Waals surface area contributed by atoms with E-state index in [0.717, 1.165) is 24.2 Å². The molecule has 21 heavy (non-hydrogen) atoms. The maximum atomic E-state index is 6.14. The molecule has 0 spiro atoms. The molecule has 0 aromatic heterocycles. The third-order valence-electron chi connectivity index (χ3n) is 5.44. The smallest absolute Gasteiger partial charge is 0.0346 e. The molecule has 0 heterocycles. The average molecular weight is 278 g/mol. The van der Waals surface area contributed by atoms with Gasteiger partial charge in [-0.3, -0.25) is 0 Å². The van der Waals surface area contributed by atoms with E-state index < -0.39 is 0 Å². The molecule has 2 aromatic rings. The molecule has 2 aliphatic rings. The van der Waals surface area contributed by atoms with Gasteiger partial charge in [-0.1, -0.05) is 12.1 Å². The molecule has 4 rings (SSSR count). The van der Waals surface area contributed by atoms with Crippen LogP contribution in [0.4, 0.5) is 11.4 Å². The Kier molecular flexibility index (Phi) is 2.59. The van der Waals surface area contributed by atoms with E-state index in [-0.39, 0.29) is 0 Å². The lowest BCUT2D eigenvalue weighted by atomic mass is 9.66. The highest BCUT2D eigenvalue weighted by atomic mass is 14.6. The highest BCUT2D eigenvalue weighted by Crippen LogP contribution is 2.48. The summed E-state index contributed by atoms with van der Waals surface area (Å²) in [6, 6.07) is 9.04. The van der Waals surface area contributed by atoms with E-state index in [2.05, 4.69) is 38.1 Å². The lowest BCUT2D eigenvalue weighted by molar-refractivity contribution is 0.458. The van der Waals surface area contributed by atoms with Crippen molar-refractivity contribution in [3.63, 3.8) is 0 Å².